The van der Waals surface area contributed by atoms with Crippen molar-refractivity contribution in [3.8, 4) is 0 Å². The van der Waals surface area contributed by atoms with Gasteiger partial charge in [0.2, 0.25) is 0 Å². The molecular formula is O3Rb2Te. The summed E-state index contributed by atoms with van der Waals surface area (Å²) in [7, 11) is 0. The van der Waals surface area contributed by atoms with Crippen molar-refractivity contribution < 1.29 is 9.31 Å². The van der Waals surface area contributed by atoms with Gasteiger partial charge in [-0.2, -0.15) is 0 Å². The topological polar surface area (TPSA) is 51.2 Å². The first-order chi connectivity index (χ1) is 1.73. The van der Waals surface area contributed by atoms with Crippen LogP contribution < -0.4 is 0 Å². The Balaban J connectivity index is -0.0000000450. The number of hydrogen-bond acceptors (Lipinski definition) is 3. The van der Waals surface area contributed by atoms with Gasteiger partial charge in [0.25, 0.3) is 0 Å². The summed E-state index contributed by atoms with van der Waals surface area (Å²) in [4.78, 5) is 0. The average molecular weight is 347 g/mol. The van der Waals surface area contributed by atoms with Gasteiger partial charge in [0.15, 0.2) is 0 Å². The Kier molecular flexibility index (Phi) is 31.7. The predicted molar refractivity (Wildman–Crippen MR) is 19.3 cm³/mol. The Bertz CT molecular complexity index is 78.2. The average Bonchev–Trinajstić information content (AvgIpc) is 0.811. The van der Waals surface area contributed by atoms with Crippen molar-refractivity contribution in [2.45, 2.75) is 0 Å². The first-order valence-corrected chi connectivity index (χ1v) is 3.35. The molecule has 0 aromatic rings. The Labute approximate surface area is 140 Å². The zero-order chi connectivity index (χ0) is 3.58. The predicted octanol–water partition coefficient (Wildman–Crippen LogP) is -1.50. The van der Waals surface area contributed by atoms with E-state index >= 15 is 0 Å². The second-order valence-corrected chi connectivity index (χ2v) is 1.37. The fourth-order valence-corrected chi connectivity index (χ4v) is 0. The monoisotopic (exact) mass is 348 g/mol. The molecule has 0 aliphatic heterocycles. The van der Waals surface area contributed by atoms with E-state index in [4.69, 9.17) is 9.31 Å². The van der Waals surface area contributed by atoms with Crippen molar-refractivity contribution in [1.29, 1.82) is 0 Å². The van der Waals surface area contributed by atoms with E-state index in [-0.39, 0.29) is 116 Å². The van der Waals surface area contributed by atoms with Gasteiger partial charge in [0.05, 0.1) is 0 Å². The van der Waals surface area contributed by atoms with Gasteiger partial charge in [-0.1, -0.05) is 0 Å². The molecule has 0 rings (SSSR count). The van der Waals surface area contributed by atoms with Crippen LogP contribution in [0, 0.1) is 0 Å². The van der Waals surface area contributed by atoms with E-state index in [1.54, 1.807) is 0 Å². The van der Waals surface area contributed by atoms with Crippen LogP contribution in [0.1, 0.15) is 0 Å². The molecule has 0 aromatic heterocycles. The first-order valence-electron chi connectivity index (χ1n) is 0.500. The van der Waals surface area contributed by atoms with Gasteiger partial charge >= 0.3 is 28.8 Å². The third-order valence-electron chi connectivity index (χ3n) is 0. The van der Waals surface area contributed by atoms with Gasteiger partial charge < -0.3 is 0 Å². The molecule has 26 valence electrons. The summed E-state index contributed by atoms with van der Waals surface area (Å²) >= 11 is -4.11. The molecule has 0 aliphatic rings. The molecule has 6 heavy (non-hydrogen) atoms. The molecular weight excluding hydrogens is 347 g/mol. The minimum Gasteiger partial charge on any atom is 0 e. The van der Waals surface area contributed by atoms with Gasteiger partial charge in [-0.15, -0.1) is 0 Å². The second kappa shape index (κ2) is 11.6. The SMILES string of the molecule is O=[Te](=O)=O.[Rb].[Rb]. The zero-order valence-electron chi connectivity index (χ0n) is 3.63. The molecule has 0 unspecified atom stereocenters. The van der Waals surface area contributed by atoms with Crippen molar-refractivity contribution in [1.82, 2.24) is 0 Å². The Morgan fingerprint density at radius 1 is 0.833 bits per heavy atom. The smallest absolute Gasteiger partial charge is 0 e. The molecule has 0 saturated carbocycles. The van der Waals surface area contributed by atoms with Crippen molar-refractivity contribution in [2.24, 2.45) is 0 Å². The van der Waals surface area contributed by atoms with Gasteiger partial charge in [-0.05, 0) is 0 Å². The van der Waals surface area contributed by atoms with E-state index in [1.165, 1.54) is 0 Å². The van der Waals surface area contributed by atoms with E-state index in [9.17, 15) is 0 Å². The second-order valence-electron chi connectivity index (χ2n) is 0.204. The Hall–Kier alpha value is 3.80. The van der Waals surface area contributed by atoms with Crippen LogP contribution in [-0.2, 0) is 9.31 Å². The van der Waals surface area contributed by atoms with Crippen LogP contribution in [-0.4, -0.2) is 136 Å². The molecule has 0 heterocycles. The summed E-state index contributed by atoms with van der Waals surface area (Å²) in [6, 6.07) is 0. The Morgan fingerprint density at radius 2 is 0.833 bits per heavy atom. The van der Waals surface area contributed by atoms with E-state index in [1.807, 2.05) is 0 Å². The molecule has 0 amide bonds. The maximum atomic E-state index is 8.59. The van der Waals surface area contributed by atoms with Crippen LogP contribution in [0.5, 0.6) is 0 Å². The molecule has 6 heteroatoms. The van der Waals surface area contributed by atoms with E-state index in [0.29, 0.717) is 0 Å². The van der Waals surface area contributed by atoms with E-state index in [0.717, 1.165) is 0 Å². The summed E-state index contributed by atoms with van der Waals surface area (Å²) in [5.41, 5.74) is 0. The molecule has 2 radical (unpaired) electrons. The van der Waals surface area contributed by atoms with E-state index in [2.05, 4.69) is 0 Å². The van der Waals surface area contributed by atoms with Crippen LogP contribution in [0.25, 0.3) is 0 Å². The quantitative estimate of drug-likeness (QED) is 0.502. The first kappa shape index (κ1) is 16.4. The molecule has 0 spiro atoms. The normalized spacial score (nSPS) is 4.00. The summed E-state index contributed by atoms with van der Waals surface area (Å²) in [5.74, 6) is 0. The number of rotatable bonds is 0. The summed E-state index contributed by atoms with van der Waals surface area (Å²) in [5, 5.41) is 0. The summed E-state index contributed by atoms with van der Waals surface area (Å²) in [6.07, 6.45) is 0. The minimum absolute atomic E-state index is 0. The minimum atomic E-state index is -4.11. The van der Waals surface area contributed by atoms with Crippen molar-refractivity contribution in [2.75, 3.05) is 0 Å². The van der Waals surface area contributed by atoms with Crippen LogP contribution in [0.3, 0.4) is 0 Å². The molecule has 3 nitrogen and oxygen atoms in total. The fraction of sp³-hybridized carbons (Fsp3) is 0. The molecule has 0 bridgehead atoms. The van der Waals surface area contributed by atoms with Crippen LogP contribution >= 0.6 is 0 Å². The van der Waals surface area contributed by atoms with E-state index < -0.39 is 19.5 Å². The van der Waals surface area contributed by atoms with Gasteiger partial charge in [0, 0.05) is 116 Å². The third kappa shape index (κ3) is 25.0. The van der Waals surface area contributed by atoms with Gasteiger partial charge in [0.1, 0.15) is 0 Å². The fourth-order valence-electron chi connectivity index (χ4n) is 0. The zero-order valence-corrected chi connectivity index (χ0v) is 15.8. The standard InChI is InChI=1S/O3Te.2Rb/c1-4(2)3;;. The maximum absolute atomic E-state index is 8.59. The molecule has 0 fully saturated rings. The maximum Gasteiger partial charge on any atom is 0 e. The molecule has 0 atom stereocenters. The van der Waals surface area contributed by atoms with Crippen LogP contribution in [0.2, 0.25) is 0 Å². The Morgan fingerprint density at radius 3 is 0.833 bits per heavy atom. The van der Waals surface area contributed by atoms with Crippen LogP contribution in [0.4, 0.5) is 0 Å². The van der Waals surface area contributed by atoms with Crippen LogP contribution in [0.15, 0.2) is 0 Å². The van der Waals surface area contributed by atoms with Gasteiger partial charge in [-0.25, -0.2) is 0 Å². The molecule has 0 saturated heterocycles. The van der Waals surface area contributed by atoms with Gasteiger partial charge in [-0.3, -0.25) is 0 Å². The molecule has 0 aliphatic carbocycles. The van der Waals surface area contributed by atoms with Crippen molar-refractivity contribution in [3.05, 3.63) is 0 Å². The number of hydrogen-bond donors (Lipinski definition) is 0. The third-order valence-corrected chi connectivity index (χ3v) is 0. The molecule has 0 N–H and O–H groups in total. The summed E-state index contributed by atoms with van der Waals surface area (Å²) in [6.45, 7) is 0. The molecule has 0 aromatic carbocycles. The summed E-state index contributed by atoms with van der Waals surface area (Å²) < 4.78 is 25.8. The van der Waals surface area contributed by atoms with Crippen molar-refractivity contribution >= 4 is 136 Å². The largest absolute Gasteiger partial charge is 0 e. The van der Waals surface area contributed by atoms with Crippen molar-refractivity contribution in [3.63, 3.8) is 0 Å².